The molecule has 3 rings (SSSR count). The summed E-state index contributed by atoms with van der Waals surface area (Å²) in [5.41, 5.74) is 0.745. The zero-order chi connectivity index (χ0) is 16.1. The zero-order valence-corrected chi connectivity index (χ0v) is 14.0. The fraction of sp³-hybridized carbons (Fsp3) is 0.529. The minimum Gasteiger partial charge on any atom is -0.354 e. The molecule has 1 aliphatic carbocycles. The van der Waals surface area contributed by atoms with Gasteiger partial charge in [0.1, 0.15) is 6.04 Å². The summed E-state index contributed by atoms with van der Waals surface area (Å²) in [7, 11) is 0. The van der Waals surface area contributed by atoms with Crippen LogP contribution in [0.5, 0.6) is 0 Å². The highest BCUT2D eigenvalue weighted by Gasteiger charge is 2.23. The van der Waals surface area contributed by atoms with Gasteiger partial charge in [-0.3, -0.25) is 4.79 Å². The van der Waals surface area contributed by atoms with E-state index in [1.165, 1.54) is 30.6 Å². The van der Waals surface area contributed by atoms with E-state index in [-0.39, 0.29) is 11.9 Å². The second kappa shape index (κ2) is 7.73. The van der Waals surface area contributed by atoms with Crippen LogP contribution in [0.2, 0.25) is 0 Å². The topological polar surface area (TPSA) is 70.2 Å². The summed E-state index contributed by atoms with van der Waals surface area (Å²) in [5, 5.41) is 9.01. The predicted molar refractivity (Wildman–Crippen MR) is 92.7 cm³/mol. The van der Waals surface area contributed by atoms with Gasteiger partial charge in [0.05, 0.1) is 0 Å². The van der Waals surface area contributed by atoms with Crippen molar-refractivity contribution < 1.29 is 9.59 Å². The Balaban J connectivity index is 1.49. The number of carbonyl (C=O) groups excluding carboxylic acids is 2. The second-order valence-electron chi connectivity index (χ2n) is 6.13. The number of thioether (sulfide) groups is 1. The molecule has 1 aliphatic heterocycles. The fourth-order valence-electron chi connectivity index (χ4n) is 3.05. The number of hydrogen-bond acceptors (Lipinski definition) is 3. The Labute approximate surface area is 141 Å². The van der Waals surface area contributed by atoms with Crippen molar-refractivity contribution in [2.75, 3.05) is 11.9 Å². The number of carbonyl (C=O) groups is 2. The maximum atomic E-state index is 12.0. The van der Waals surface area contributed by atoms with Crippen LogP contribution in [-0.2, 0) is 4.79 Å². The number of amides is 3. The Hall–Kier alpha value is -1.69. The van der Waals surface area contributed by atoms with Gasteiger partial charge in [0, 0.05) is 22.4 Å². The molecule has 1 heterocycles. The van der Waals surface area contributed by atoms with Crippen molar-refractivity contribution >= 4 is 29.4 Å². The molecule has 2 aliphatic rings. The smallest absolute Gasteiger partial charge is 0.319 e. The van der Waals surface area contributed by atoms with Crippen LogP contribution in [0.25, 0.3) is 0 Å². The lowest BCUT2D eigenvalue weighted by Gasteiger charge is -2.22. The Bertz CT molecular complexity index is 555. The fourth-order valence-corrected chi connectivity index (χ4v) is 4.30. The summed E-state index contributed by atoms with van der Waals surface area (Å²) < 4.78 is 0. The van der Waals surface area contributed by atoms with Crippen LogP contribution in [0.1, 0.15) is 38.5 Å². The lowest BCUT2D eigenvalue weighted by molar-refractivity contribution is -0.124. The highest BCUT2D eigenvalue weighted by atomic mass is 32.2. The molecule has 3 amide bonds. The van der Waals surface area contributed by atoms with E-state index >= 15 is 0 Å². The van der Waals surface area contributed by atoms with Gasteiger partial charge < -0.3 is 16.0 Å². The SMILES string of the molecule is O=C(Nc1ccc(SC2CCCC2)cc1)N[C@@H]1CCCNC1=O. The minimum absolute atomic E-state index is 0.102. The Morgan fingerprint density at radius 2 is 1.83 bits per heavy atom. The largest absolute Gasteiger partial charge is 0.354 e. The molecule has 0 aromatic heterocycles. The van der Waals surface area contributed by atoms with Crippen molar-refractivity contribution in [1.29, 1.82) is 0 Å². The van der Waals surface area contributed by atoms with E-state index in [4.69, 9.17) is 0 Å². The van der Waals surface area contributed by atoms with Crippen LogP contribution >= 0.6 is 11.8 Å². The summed E-state index contributed by atoms with van der Waals surface area (Å²) in [4.78, 5) is 24.9. The molecule has 1 atom stereocenters. The Kier molecular flexibility index (Phi) is 5.43. The maximum absolute atomic E-state index is 12.0. The van der Waals surface area contributed by atoms with E-state index in [0.717, 1.165) is 17.4 Å². The number of benzene rings is 1. The summed E-state index contributed by atoms with van der Waals surface area (Å²) in [6, 6.07) is 7.16. The number of piperidine rings is 1. The van der Waals surface area contributed by atoms with E-state index in [0.29, 0.717) is 13.0 Å². The standard InChI is InChI=1S/C17H23N3O2S/c21-16-15(6-3-11-18-16)20-17(22)19-12-7-9-14(10-8-12)23-13-4-1-2-5-13/h7-10,13,15H,1-6,11H2,(H,18,21)(H2,19,20,22)/t15-/m1/s1. The molecular weight excluding hydrogens is 310 g/mol. The first-order chi connectivity index (χ1) is 11.2. The van der Waals surface area contributed by atoms with Crippen LogP contribution < -0.4 is 16.0 Å². The van der Waals surface area contributed by atoms with E-state index < -0.39 is 6.04 Å². The molecule has 6 heteroatoms. The highest BCUT2D eigenvalue weighted by Crippen LogP contribution is 2.34. The number of anilines is 1. The van der Waals surface area contributed by atoms with Crippen molar-refractivity contribution in [3.05, 3.63) is 24.3 Å². The molecular formula is C17H23N3O2S. The summed E-state index contributed by atoms with van der Waals surface area (Å²) in [6.07, 6.45) is 6.87. The molecule has 1 aromatic carbocycles. The molecule has 0 radical (unpaired) electrons. The van der Waals surface area contributed by atoms with Crippen LogP contribution in [0.3, 0.4) is 0 Å². The number of nitrogens with one attached hydrogen (secondary N) is 3. The van der Waals surface area contributed by atoms with Crippen molar-refractivity contribution in [1.82, 2.24) is 10.6 Å². The molecule has 2 fully saturated rings. The lowest BCUT2D eigenvalue weighted by atomic mass is 10.1. The van der Waals surface area contributed by atoms with E-state index in [1.54, 1.807) is 0 Å². The first-order valence-corrected chi connectivity index (χ1v) is 9.20. The number of urea groups is 1. The van der Waals surface area contributed by atoms with Gasteiger partial charge in [0.15, 0.2) is 0 Å². The lowest BCUT2D eigenvalue weighted by Crippen LogP contribution is -2.51. The molecule has 3 N–H and O–H groups in total. The molecule has 124 valence electrons. The van der Waals surface area contributed by atoms with Crippen LogP contribution in [0.4, 0.5) is 10.5 Å². The van der Waals surface area contributed by atoms with E-state index in [2.05, 4.69) is 16.0 Å². The zero-order valence-electron chi connectivity index (χ0n) is 13.1. The predicted octanol–water partition coefficient (Wildman–Crippen LogP) is 3.12. The Morgan fingerprint density at radius 1 is 1.09 bits per heavy atom. The number of hydrogen-bond donors (Lipinski definition) is 3. The second-order valence-corrected chi connectivity index (χ2v) is 7.51. The quantitative estimate of drug-likeness (QED) is 0.793. The summed E-state index contributed by atoms with van der Waals surface area (Å²) in [5.74, 6) is -0.102. The van der Waals surface area contributed by atoms with Crippen molar-refractivity contribution in [2.24, 2.45) is 0 Å². The van der Waals surface area contributed by atoms with E-state index in [1.807, 2.05) is 36.0 Å². The molecule has 5 nitrogen and oxygen atoms in total. The molecule has 0 spiro atoms. The third kappa shape index (κ3) is 4.64. The first-order valence-electron chi connectivity index (χ1n) is 8.33. The molecule has 1 saturated carbocycles. The highest BCUT2D eigenvalue weighted by molar-refractivity contribution is 8.00. The van der Waals surface area contributed by atoms with Crippen LogP contribution in [0.15, 0.2) is 29.2 Å². The van der Waals surface area contributed by atoms with Gasteiger partial charge in [-0.15, -0.1) is 11.8 Å². The van der Waals surface area contributed by atoms with Gasteiger partial charge in [-0.05, 0) is 49.9 Å². The third-order valence-corrected chi connectivity index (χ3v) is 5.66. The first kappa shape index (κ1) is 16.2. The van der Waals surface area contributed by atoms with Gasteiger partial charge in [0.25, 0.3) is 0 Å². The van der Waals surface area contributed by atoms with Gasteiger partial charge in [0.2, 0.25) is 5.91 Å². The van der Waals surface area contributed by atoms with Gasteiger partial charge in [-0.1, -0.05) is 12.8 Å². The maximum Gasteiger partial charge on any atom is 0.319 e. The average molecular weight is 333 g/mol. The third-order valence-electron chi connectivity index (χ3n) is 4.31. The molecule has 0 bridgehead atoms. The normalized spacial score (nSPS) is 21.7. The van der Waals surface area contributed by atoms with Crippen molar-refractivity contribution in [2.45, 2.75) is 54.7 Å². The van der Waals surface area contributed by atoms with Crippen LogP contribution in [0, 0.1) is 0 Å². The van der Waals surface area contributed by atoms with E-state index in [9.17, 15) is 9.59 Å². The molecule has 1 saturated heterocycles. The summed E-state index contributed by atoms with van der Waals surface area (Å²) in [6.45, 7) is 0.693. The minimum atomic E-state index is -0.430. The van der Waals surface area contributed by atoms with Gasteiger partial charge in [-0.2, -0.15) is 0 Å². The van der Waals surface area contributed by atoms with Crippen LogP contribution in [-0.4, -0.2) is 29.8 Å². The Morgan fingerprint density at radius 3 is 2.52 bits per heavy atom. The molecule has 1 aromatic rings. The van der Waals surface area contributed by atoms with Gasteiger partial charge >= 0.3 is 6.03 Å². The van der Waals surface area contributed by atoms with Gasteiger partial charge in [-0.25, -0.2) is 4.79 Å². The molecule has 0 unspecified atom stereocenters. The summed E-state index contributed by atoms with van der Waals surface area (Å²) >= 11 is 1.93. The molecule has 23 heavy (non-hydrogen) atoms. The van der Waals surface area contributed by atoms with Crippen molar-refractivity contribution in [3.63, 3.8) is 0 Å². The monoisotopic (exact) mass is 333 g/mol. The van der Waals surface area contributed by atoms with Crippen molar-refractivity contribution in [3.8, 4) is 0 Å². The average Bonchev–Trinajstić information content (AvgIpc) is 3.04. The number of rotatable bonds is 4.